The van der Waals surface area contributed by atoms with Crippen molar-refractivity contribution in [3.8, 4) is 5.75 Å². The smallest absolute Gasteiger partial charge is 0.233 e. The molecular formula is C30H47IN2O2. The molecule has 0 spiro atoms. The van der Waals surface area contributed by atoms with Gasteiger partial charge in [-0.2, -0.15) is 4.57 Å². The molecule has 0 aliphatic heterocycles. The van der Waals surface area contributed by atoms with Crippen molar-refractivity contribution >= 4 is 5.91 Å². The summed E-state index contributed by atoms with van der Waals surface area (Å²) in [5, 5.41) is 3.17. The third-order valence-corrected chi connectivity index (χ3v) is 6.28. The third kappa shape index (κ3) is 11.8. The van der Waals surface area contributed by atoms with Crippen molar-refractivity contribution < 1.29 is 38.1 Å². The molecule has 35 heavy (non-hydrogen) atoms. The lowest BCUT2D eigenvalue weighted by Crippen LogP contribution is -3.00. The van der Waals surface area contributed by atoms with Gasteiger partial charge in [0.2, 0.25) is 12.1 Å². The Morgan fingerprint density at radius 2 is 1.57 bits per heavy atom. The van der Waals surface area contributed by atoms with Gasteiger partial charge < -0.3 is 28.7 Å². The SMILES string of the molecule is CCCCCCCCCCOc1ccc(CC(=O)NC(CC)[n+]2ccccc2)cc1C(C)(C)C.[I-]. The van der Waals surface area contributed by atoms with E-state index in [2.05, 4.69) is 52.1 Å². The lowest BCUT2D eigenvalue weighted by atomic mass is 9.85. The van der Waals surface area contributed by atoms with Crippen molar-refractivity contribution in [1.29, 1.82) is 0 Å². The summed E-state index contributed by atoms with van der Waals surface area (Å²) in [6.45, 7) is 11.7. The molecule has 1 N–H and O–H groups in total. The lowest BCUT2D eigenvalue weighted by Gasteiger charge is -2.24. The number of nitrogens with zero attached hydrogens (tertiary/aromatic N) is 1. The number of aromatic nitrogens is 1. The van der Waals surface area contributed by atoms with Crippen LogP contribution in [-0.4, -0.2) is 12.5 Å². The first kappa shape index (κ1) is 31.4. The van der Waals surface area contributed by atoms with Gasteiger partial charge in [0.05, 0.1) is 13.0 Å². The molecule has 0 radical (unpaired) electrons. The maximum absolute atomic E-state index is 12.8. The van der Waals surface area contributed by atoms with Gasteiger partial charge in [0.1, 0.15) is 5.75 Å². The van der Waals surface area contributed by atoms with E-state index >= 15 is 0 Å². The molecule has 2 aromatic rings. The number of hydrogen-bond donors (Lipinski definition) is 1. The van der Waals surface area contributed by atoms with E-state index in [0.717, 1.165) is 30.8 Å². The normalized spacial score (nSPS) is 12.0. The van der Waals surface area contributed by atoms with Crippen LogP contribution in [0.5, 0.6) is 5.75 Å². The summed E-state index contributed by atoms with van der Waals surface area (Å²) >= 11 is 0. The Labute approximate surface area is 231 Å². The highest BCUT2D eigenvalue weighted by atomic mass is 127. The van der Waals surface area contributed by atoms with Gasteiger partial charge in [0.15, 0.2) is 12.4 Å². The minimum Gasteiger partial charge on any atom is -1.00 e. The van der Waals surface area contributed by atoms with Crippen molar-refractivity contribution in [2.24, 2.45) is 0 Å². The third-order valence-electron chi connectivity index (χ3n) is 6.28. The van der Waals surface area contributed by atoms with Crippen LogP contribution in [0.4, 0.5) is 0 Å². The number of pyridine rings is 1. The van der Waals surface area contributed by atoms with E-state index in [9.17, 15) is 4.79 Å². The fourth-order valence-corrected chi connectivity index (χ4v) is 4.25. The van der Waals surface area contributed by atoms with Crippen LogP contribution in [0.3, 0.4) is 0 Å². The number of amides is 1. The largest absolute Gasteiger partial charge is 1.00 e. The number of ether oxygens (including phenoxy) is 1. The van der Waals surface area contributed by atoms with Gasteiger partial charge in [-0.25, -0.2) is 0 Å². The van der Waals surface area contributed by atoms with Crippen molar-refractivity contribution in [3.05, 3.63) is 59.9 Å². The average Bonchev–Trinajstić information content (AvgIpc) is 2.82. The molecule has 0 aliphatic rings. The topological polar surface area (TPSA) is 42.2 Å². The summed E-state index contributed by atoms with van der Waals surface area (Å²) in [6, 6.07) is 12.2. The zero-order valence-electron chi connectivity index (χ0n) is 22.6. The molecule has 0 aliphatic carbocycles. The molecule has 4 nitrogen and oxygen atoms in total. The number of carbonyl (C=O) groups is 1. The fraction of sp³-hybridized carbons (Fsp3) is 0.600. The molecule has 2 rings (SSSR count). The number of halogens is 1. The van der Waals surface area contributed by atoms with E-state index in [1.807, 2.05) is 41.2 Å². The van der Waals surface area contributed by atoms with Gasteiger partial charge in [-0.05, 0) is 29.0 Å². The number of carbonyl (C=O) groups excluding carboxylic acids is 1. The predicted octanol–water partition coefficient (Wildman–Crippen LogP) is 4.06. The first-order valence-corrected chi connectivity index (χ1v) is 13.4. The van der Waals surface area contributed by atoms with Gasteiger partial charge >= 0.3 is 0 Å². The Morgan fingerprint density at radius 3 is 2.17 bits per heavy atom. The first-order valence-electron chi connectivity index (χ1n) is 13.4. The van der Waals surface area contributed by atoms with Crippen molar-refractivity contribution in [1.82, 2.24) is 5.32 Å². The molecule has 1 aromatic heterocycles. The maximum atomic E-state index is 12.8. The van der Waals surface area contributed by atoms with Gasteiger partial charge in [-0.1, -0.05) is 97.8 Å². The Balaban J connectivity index is 0.00000612. The Hall–Kier alpha value is -1.63. The van der Waals surface area contributed by atoms with Crippen LogP contribution in [0.1, 0.15) is 110 Å². The monoisotopic (exact) mass is 594 g/mol. The van der Waals surface area contributed by atoms with Gasteiger partial charge in [-0.3, -0.25) is 10.1 Å². The summed E-state index contributed by atoms with van der Waals surface area (Å²) in [7, 11) is 0. The Bertz CT molecular complexity index is 849. The van der Waals surface area contributed by atoms with E-state index in [4.69, 9.17) is 4.74 Å². The number of hydrogen-bond acceptors (Lipinski definition) is 2. The minimum absolute atomic E-state index is 0. The number of benzene rings is 1. The van der Waals surface area contributed by atoms with Crippen LogP contribution in [0.25, 0.3) is 0 Å². The standard InChI is InChI=1S/C30H46N2O2.HI/c1-6-8-9-10-11-12-13-17-22-34-27-19-18-25(23-26(27)30(3,4)5)24-29(33)31-28(7-2)32-20-15-14-16-21-32;/h14-16,18-21,23,28H,6-13,17,22,24H2,1-5H3;1H. The van der Waals surface area contributed by atoms with Crippen LogP contribution < -0.4 is 38.6 Å². The molecular weight excluding hydrogens is 547 g/mol. The first-order chi connectivity index (χ1) is 16.3. The van der Waals surface area contributed by atoms with Crippen LogP contribution in [-0.2, 0) is 16.6 Å². The maximum Gasteiger partial charge on any atom is 0.233 e. The van der Waals surface area contributed by atoms with Crippen molar-refractivity contribution in [2.45, 2.75) is 110 Å². The van der Waals surface area contributed by atoms with Gasteiger partial charge in [-0.15, -0.1) is 0 Å². The Kier molecular flexibility index (Phi) is 15.2. The quantitative estimate of drug-likeness (QED) is 0.192. The fourth-order valence-electron chi connectivity index (χ4n) is 4.25. The highest BCUT2D eigenvalue weighted by Crippen LogP contribution is 2.32. The summed E-state index contributed by atoms with van der Waals surface area (Å²) < 4.78 is 8.25. The average molecular weight is 595 g/mol. The van der Waals surface area contributed by atoms with E-state index < -0.39 is 0 Å². The van der Waals surface area contributed by atoms with Crippen LogP contribution in [0, 0.1) is 0 Å². The van der Waals surface area contributed by atoms with Gasteiger partial charge in [0.25, 0.3) is 0 Å². The van der Waals surface area contributed by atoms with Crippen LogP contribution in [0.15, 0.2) is 48.8 Å². The minimum atomic E-state index is -0.0487. The summed E-state index contributed by atoms with van der Waals surface area (Å²) in [6.07, 6.45) is 15.5. The molecule has 1 atom stereocenters. The molecule has 0 fully saturated rings. The lowest BCUT2D eigenvalue weighted by molar-refractivity contribution is -0.727. The number of rotatable bonds is 15. The van der Waals surface area contributed by atoms with Crippen molar-refractivity contribution in [2.75, 3.05) is 6.61 Å². The summed E-state index contributed by atoms with van der Waals surface area (Å²) in [5.74, 6) is 0.988. The molecule has 1 heterocycles. The molecule has 0 saturated carbocycles. The molecule has 0 bridgehead atoms. The Morgan fingerprint density at radius 1 is 0.943 bits per heavy atom. The summed E-state index contributed by atoms with van der Waals surface area (Å²) in [4.78, 5) is 12.8. The van der Waals surface area contributed by atoms with E-state index in [1.165, 1.54) is 50.5 Å². The van der Waals surface area contributed by atoms with Gasteiger partial charge in [0, 0.05) is 18.6 Å². The number of nitrogens with one attached hydrogen (secondary N) is 1. The molecule has 196 valence electrons. The zero-order chi connectivity index (χ0) is 24.8. The van der Waals surface area contributed by atoms with E-state index in [0.29, 0.717) is 6.42 Å². The molecule has 1 amide bonds. The van der Waals surface area contributed by atoms with Crippen LogP contribution in [0.2, 0.25) is 0 Å². The molecule has 1 aromatic carbocycles. The highest BCUT2D eigenvalue weighted by molar-refractivity contribution is 5.78. The molecule has 5 heteroatoms. The molecule has 0 saturated heterocycles. The molecule has 1 unspecified atom stereocenters. The summed E-state index contributed by atoms with van der Waals surface area (Å²) in [5.41, 5.74) is 2.14. The number of unbranched alkanes of at least 4 members (excludes halogenated alkanes) is 7. The zero-order valence-corrected chi connectivity index (χ0v) is 24.8. The predicted molar refractivity (Wildman–Crippen MR) is 141 cm³/mol. The second kappa shape index (κ2) is 16.9. The van der Waals surface area contributed by atoms with E-state index in [1.54, 1.807) is 0 Å². The highest BCUT2D eigenvalue weighted by Gasteiger charge is 2.22. The second-order valence-corrected chi connectivity index (χ2v) is 10.4. The second-order valence-electron chi connectivity index (χ2n) is 10.4. The van der Waals surface area contributed by atoms with Crippen molar-refractivity contribution in [3.63, 3.8) is 0 Å². The van der Waals surface area contributed by atoms with E-state index in [-0.39, 0.29) is 41.5 Å². The van der Waals surface area contributed by atoms with Crippen LogP contribution >= 0.6 is 0 Å².